The topological polar surface area (TPSA) is 98.8 Å². The summed E-state index contributed by atoms with van der Waals surface area (Å²) in [4.78, 5) is 23.2. The van der Waals surface area contributed by atoms with E-state index in [0.29, 0.717) is 0 Å². The molecule has 3 aliphatic rings. The van der Waals surface area contributed by atoms with Gasteiger partial charge >= 0.3 is 12.1 Å². The second kappa shape index (κ2) is 5.70. The van der Waals surface area contributed by atoms with Crippen molar-refractivity contribution in [1.82, 2.24) is 5.32 Å². The first-order chi connectivity index (χ1) is 11.4. The summed E-state index contributed by atoms with van der Waals surface area (Å²) in [7, 11) is -4.36. The van der Waals surface area contributed by atoms with Crippen molar-refractivity contribution >= 4 is 22.0 Å². The minimum absolute atomic E-state index is 0.0329. The lowest BCUT2D eigenvalue weighted by Crippen LogP contribution is -2.48. The molecule has 3 fully saturated rings. The fraction of sp³-hybridized carbons (Fsp3) is 0.714. The molecule has 2 aliphatic carbocycles. The van der Waals surface area contributed by atoms with E-state index in [1.165, 1.54) is 6.92 Å². The summed E-state index contributed by atoms with van der Waals surface area (Å²) in [5.41, 5.74) is 0.151. The number of hydrogen-bond acceptors (Lipinski definition) is 6. The fourth-order valence-corrected chi connectivity index (χ4v) is 6.17. The maximum Gasteiger partial charge on any atom is 0.393 e. The number of esters is 1. The highest BCUT2D eigenvalue weighted by molar-refractivity contribution is 7.87. The van der Waals surface area contributed by atoms with Gasteiger partial charge in [-0.25, -0.2) is 0 Å². The molecular formula is C14H16F3NO6S. The Balaban J connectivity index is 1.75. The summed E-state index contributed by atoms with van der Waals surface area (Å²) in [6, 6.07) is 0. The number of fused-ring (bicyclic) bond motifs is 1. The van der Waals surface area contributed by atoms with Crippen LogP contribution in [0.1, 0.15) is 13.3 Å². The molecule has 0 spiro atoms. The van der Waals surface area contributed by atoms with E-state index < -0.39 is 69.9 Å². The van der Waals surface area contributed by atoms with Crippen LogP contribution in [0.4, 0.5) is 13.2 Å². The van der Waals surface area contributed by atoms with E-state index in [1.54, 1.807) is 0 Å². The second-order valence-corrected chi connectivity index (χ2v) is 8.29. The van der Waals surface area contributed by atoms with Gasteiger partial charge in [0.05, 0.1) is 5.92 Å². The fourth-order valence-electron chi connectivity index (χ4n) is 4.07. The maximum atomic E-state index is 13.3. The van der Waals surface area contributed by atoms with Gasteiger partial charge in [-0.05, 0) is 13.3 Å². The Kier molecular flexibility index (Phi) is 4.14. The van der Waals surface area contributed by atoms with Crippen LogP contribution in [0.5, 0.6) is 0 Å². The molecule has 140 valence electrons. The van der Waals surface area contributed by atoms with Gasteiger partial charge in [0, 0.05) is 17.4 Å². The predicted octanol–water partition coefficient (Wildman–Crippen LogP) is 0.516. The van der Waals surface area contributed by atoms with Crippen LogP contribution in [-0.4, -0.2) is 50.5 Å². The zero-order valence-corrected chi connectivity index (χ0v) is 13.9. The molecule has 0 radical (unpaired) electrons. The third kappa shape index (κ3) is 2.92. The second-order valence-electron chi connectivity index (χ2n) is 6.57. The van der Waals surface area contributed by atoms with Crippen LogP contribution in [0, 0.1) is 17.8 Å². The molecule has 2 bridgehead atoms. The lowest BCUT2D eigenvalue weighted by atomic mass is 9.84. The number of rotatable bonds is 4. The van der Waals surface area contributed by atoms with Crippen LogP contribution in [0.3, 0.4) is 0 Å². The Hall–Kier alpha value is -1.62. The van der Waals surface area contributed by atoms with Crippen LogP contribution in [0.25, 0.3) is 0 Å². The smallest absolute Gasteiger partial charge is 0.393 e. The van der Waals surface area contributed by atoms with Crippen molar-refractivity contribution < 1.29 is 40.1 Å². The number of hydrogen-bond donors (Lipinski definition) is 1. The molecule has 3 rings (SSSR count). The number of amides is 1. The molecule has 1 heterocycles. The highest BCUT2D eigenvalue weighted by atomic mass is 32.2. The third-order valence-corrected chi connectivity index (χ3v) is 6.75. The van der Waals surface area contributed by atoms with Crippen molar-refractivity contribution in [2.45, 2.75) is 37.0 Å². The summed E-state index contributed by atoms with van der Waals surface area (Å²) in [5, 5.41) is 0.568. The molecule has 6 unspecified atom stereocenters. The van der Waals surface area contributed by atoms with Crippen LogP contribution < -0.4 is 5.32 Å². The number of carbonyl (C=O) groups excluding carboxylic acids is 2. The molecule has 1 aliphatic heterocycles. The highest BCUT2D eigenvalue weighted by Gasteiger charge is 2.75. The maximum absolute atomic E-state index is 13.3. The van der Waals surface area contributed by atoms with Crippen molar-refractivity contribution in [3.8, 4) is 0 Å². The summed E-state index contributed by atoms with van der Waals surface area (Å²) >= 11 is 0. The van der Waals surface area contributed by atoms with Crippen molar-refractivity contribution in [1.29, 1.82) is 0 Å². The number of alkyl halides is 3. The quantitative estimate of drug-likeness (QED) is 0.432. The van der Waals surface area contributed by atoms with E-state index >= 15 is 0 Å². The van der Waals surface area contributed by atoms with Gasteiger partial charge in [-0.3, -0.25) is 13.8 Å². The summed E-state index contributed by atoms with van der Waals surface area (Å²) in [6.07, 6.45) is -7.18. The van der Waals surface area contributed by atoms with Crippen molar-refractivity contribution in [2.75, 3.05) is 6.54 Å². The minimum Gasteiger partial charge on any atom is -0.458 e. The van der Waals surface area contributed by atoms with E-state index in [4.69, 9.17) is 8.92 Å². The van der Waals surface area contributed by atoms with Gasteiger partial charge < -0.3 is 10.1 Å². The number of halogens is 3. The van der Waals surface area contributed by atoms with Crippen LogP contribution in [0.2, 0.25) is 0 Å². The Bertz CT molecular complexity index is 733. The first kappa shape index (κ1) is 18.2. The molecule has 25 heavy (non-hydrogen) atoms. The predicted molar refractivity (Wildman–Crippen MR) is 76.4 cm³/mol. The van der Waals surface area contributed by atoms with E-state index in [2.05, 4.69) is 11.9 Å². The standard InChI is InChI=1S/C14H16F3NO6S/c1-5(2)13(20)18-4-8(19)23-10-6-3-7-11(10)24-25(21,22)12(7)9(6)14(15,16)17/h6-7,9-12H,1,3-4H2,2H3,(H,18,20). The van der Waals surface area contributed by atoms with E-state index in [-0.39, 0.29) is 12.0 Å². The normalized spacial score (nSPS) is 37.8. The molecule has 1 N–H and O–H groups in total. The molecule has 1 amide bonds. The summed E-state index contributed by atoms with van der Waals surface area (Å²) in [6.45, 7) is 4.24. The summed E-state index contributed by atoms with van der Waals surface area (Å²) in [5.74, 6) is -5.69. The molecule has 0 aromatic carbocycles. The molecule has 7 nitrogen and oxygen atoms in total. The van der Waals surface area contributed by atoms with Crippen LogP contribution in [0.15, 0.2) is 12.2 Å². The monoisotopic (exact) mass is 383 g/mol. The first-order valence-electron chi connectivity index (χ1n) is 7.55. The van der Waals surface area contributed by atoms with Crippen molar-refractivity contribution in [3.05, 3.63) is 12.2 Å². The first-order valence-corrected chi connectivity index (χ1v) is 9.02. The van der Waals surface area contributed by atoms with Gasteiger partial charge in [-0.2, -0.15) is 21.6 Å². The SMILES string of the molecule is C=C(C)C(=O)NCC(=O)OC1C2CC3C1OS(=O)(=O)C3C2C(F)(F)F. The molecule has 0 aromatic rings. The summed E-state index contributed by atoms with van der Waals surface area (Å²) < 4.78 is 73.8. The van der Waals surface area contributed by atoms with Crippen molar-refractivity contribution in [2.24, 2.45) is 17.8 Å². The molecule has 2 saturated carbocycles. The van der Waals surface area contributed by atoms with Gasteiger partial charge in [0.25, 0.3) is 10.1 Å². The van der Waals surface area contributed by atoms with Gasteiger partial charge in [0.2, 0.25) is 5.91 Å². The third-order valence-electron chi connectivity index (χ3n) is 4.95. The molecule has 1 saturated heterocycles. The molecule has 11 heteroatoms. The number of carbonyl (C=O) groups is 2. The Labute approximate surface area is 141 Å². The lowest BCUT2D eigenvalue weighted by Gasteiger charge is -2.32. The average Bonchev–Trinajstić information content (AvgIpc) is 3.06. The Morgan fingerprint density at radius 2 is 1.96 bits per heavy atom. The number of nitrogens with one attached hydrogen (secondary N) is 1. The zero-order chi connectivity index (χ0) is 18.7. The van der Waals surface area contributed by atoms with Gasteiger partial charge in [0.1, 0.15) is 24.0 Å². The van der Waals surface area contributed by atoms with E-state index in [0.717, 1.165) is 0 Å². The largest absolute Gasteiger partial charge is 0.458 e. The molecule has 0 aromatic heterocycles. The van der Waals surface area contributed by atoms with Gasteiger partial charge in [0.15, 0.2) is 0 Å². The Morgan fingerprint density at radius 1 is 1.32 bits per heavy atom. The molecule has 6 atom stereocenters. The zero-order valence-electron chi connectivity index (χ0n) is 13.1. The van der Waals surface area contributed by atoms with Crippen LogP contribution >= 0.6 is 0 Å². The van der Waals surface area contributed by atoms with Crippen molar-refractivity contribution in [3.63, 3.8) is 0 Å². The van der Waals surface area contributed by atoms with E-state index in [1.807, 2.05) is 0 Å². The molecular weight excluding hydrogens is 367 g/mol. The van der Waals surface area contributed by atoms with Gasteiger partial charge in [-0.15, -0.1) is 0 Å². The van der Waals surface area contributed by atoms with Crippen LogP contribution in [-0.2, 0) is 28.6 Å². The lowest BCUT2D eigenvalue weighted by molar-refractivity contribution is -0.203. The minimum atomic E-state index is -4.74. The Morgan fingerprint density at radius 3 is 2.52 bits per heavy atom. The average molecular weight is 383 g/mol. The highest BCUT2D eigenvalue weighted by Crippen LogP contribution is 2.62. The van der Waals surface area contributed by atoms with E-state index in [9.17, 15) is 31.2 Å². The number of ether oxygens (including phenoxy) is 1. The van der Waals surface area contributed by atoms with Gasteiger partial charge in [-0.1, -0.05) is 6.58 Å².